The van der Waals surface area contributed by atoms with Gasteiger partial charge in [0.2, 0.25) is 20.0 Å². The molecular weight excluding hydrogens is 543 g/mol. The first kappa shape index (κ1) is 29.2. The predicted octanol–water partition coefficient (Wildman–Crippen LogP) is 3.89. The largest absolute Gasteiger partial charge is 0.487 e. The molecule has 39 heavy (non-hydrogen) atoms. The number of aryl methyl sites for hydroxylation is 1. The summed E-state index contributed by atoms with van der Waals surface area (Å²) < 4.78 is 76.7. The molecule has 0 radical (unpaired) electrons. The third-order valence-electron chi connectivity index (χ3n) is 6.99. The number of nitrogens with zero attached hydrogens (tertiary/aromatic N) is 2. The SMILES string of the molecule is Cc1ccc(S(=O)(=O)N(C)C[C@@H]2Oc3cc(-c4cccc(F)c4)ccc3S(=O)(=O)N([C@H](C)CO)C[C@@H]2C)cc1. The summed E-state index contributed by atoms with van der Waals surface area (Å²) in [5.41, 5.74) is 2.00. The van der Waals surface area contributed by atoms with Gasteiger partial charge in [0.25, 0.3) is 0 Å². The molecule has 3 atom stereocenters. The fourth-order valence-electron chi connectivity index (χ4n) is 4.53. The number of rotatable bonds is 7. The number of aliphatic hydroxyl groups is 1. The highest BCUT2D eigenvalue weighted by Gasteiger charge is 2.39. The lowest BCUT2D eigenvalue weighted by atomic mass is 10.0. The van der Waals surface area contributed by atoms with Crippen molar-refractivity contribution >= 4 is 20.0 Å². The number of halogens is 1. The normalized spacial score (nSPS) is 20.5. The zero-order chi connectivity index (χ0) is 28.5. The first-order valence-electron chi connectivity index (χ1n) is 12.6. The van der Waals surface area contributed by atoms with Crippen molar-refractivity contribution in [1.29, 1.82) is 0 Å². The van der Waals surface area contributed by atoms with E-state index in [0.717, 1.165) is 5.56 Å². The van der Waals surface area contributed by atoms with Crippen LogP contribution >= 0.6 is 0 Å². The zero-order valence-corrected chi connectivity index (χ0v) is 23.9. The molecule has 0 fully saturated rings. The maximum atomic E-state index is 13.9. The number of sulfonamides is 2. The van der Waals surface area contributed by atoms with Crippen LogP contribution in [0.1, 0.15) is 19.4 Å². The van der Waals surface area contributed by atoms with E-state index in [-0.39, 0.29) is 28.6 Å². The van der Waals surface area contributed by atoms with Gasteiger partial charge in [0.15, 0.2) is 0 Å². The molecule has 8 nitrogen and oxygen atoms in total. The molecule has 3 aromatic rings. The fraction of sp³-hybridized carbons (Fsp3) is 0.357. The highest BCUT2D eigenvalue weighted by atomic mass is 32.2. The van der Waals surface area contributed by atoms with Crippen molar-refractivity contribution in [1.82, 2.24) is 8.61 Å². The van der Waals surface area contributed by atoms with Crippen molar-refractivity contribution in [3.63, 3.8) is 0 Å². The maximum absolute atomic E-state index is 13.9. The van der Waals surface area contributed by atoms with E-state index in [1.54, 1.807) is 56.3 Å². The molecule has 1 heterocycles. The van der Waals surface area contributed by atoms with E-state index in [1.165, 1.54) is 39.9 Å². The van der Waals surface area contributed by atoms with Crippen LogP contribution in [0.15, 0.2) is 76.5 Å². The molecule has 0 spiro atoms. The predicted molar refractivity (Wildman–Crippen MR) is 147 cm³/mol. The first-order valence-corrected chi connectivity index (χ1v) is 15.4. The van der Waals surface area contributed by atoms with Gasteiger partial charge < -0.3 is 9.84 Å². The van der Waals surface area contributed by atoms with Crippen LogP contribution < -0.4 is 4.74 Å². The van der Waals surface area contributed by atoms with E-state index >= 15 is 0 Å². The van der Waals surface area contributed by atoms with Crippen molar-refractivity contribution in [3.8, 4) is 16.9 Å². The fourth-order valence-corrected chi connectivity index (χ4v) is 7.54. The number of hydrogen-bond acceptors (Lipinski definition) is 6. The second-order valence-electron chi connectivity index (χ2n) is 10.0. The van der Waals surface area contributed by atoms with E-state index in [1.807, 2.05) is 6.92 Å². The highest BCUT2D eigenvalue weighted by molar-refractivity contribution is 7.89. The molecule has 1 aliphatic heterocycles. The lowest BCUT2D eigenvalue weighted by Crippen LogP contribution is -2.50. The lowest BCUT2D eigenvalue weighted by molar-refractivity contribution is 0.0905. The summed E-state index contributed by atoms with van der Waals surface area (Å²) in [7, 11) is -6.47. The Morgan fingerprint density at radius 1 is 1.10 bits per heavy atom. The molecule has 0 aromatic heterocycles. The Labute approximate surface area is 229 Å². The number of ether oxygens (including phenoxy) is 1. The van der Waals surface area contributed by atoms with Crippen LogP contribution in [0, 0.1) is 18.7 Å². The van der Waals surface area contributed by atoms with Gasteiger partial charge in [-0.3, -0.25) is 0 Å². The number of aliphatic hydroxyl groups excluding tert-OH is 1. The van der Waals surface area contributed by atoms with E-state index in [4.69, 9.17) is 4.74 Å². The minimum Gasteiger partial charge on any atom is -0.487 e. The summed E-state index contributed by atoms with van der Waals surface area (Å²) in [5.74, 6) is -0.856. The second-order valence-corrected chi connectivity index (χ2v) is 13.9. The zero-order valence-electron chi connectivity index (χ0n) is 22.3. The third-order valence-corrected chi connectivity index (χ3v) is 10.8. The number of likely N-dealkylation sites (N-methyl/N-ethyl adjacent to an activating group) is 1. The molecule has 0 saturated heterocycles. The Morgan fingerprint density at radius 3 is 2.41 bits per heavy atom. The van der Waals surface area contributed by atoms with Gasteiger partial charge >= 0.3 is 0 Å². The Bertz CT molecular complexity index is 1540. The number of hydrogen-bond donors (Lipinski definition) is 1. The average Bonchev–Trinajstić information content (AvgIpc) is 2.90. The molecule has 1 N–H and O–H groups in total. The Morgan fingerprint density at radius 2 is 1.77 bits per heavy atom. The number of fused-ring (bicyclic) bond motifs is 1. The summed E-state index contributed by atoms with van der Waals surface area (Å²) in [5, 5.41) is 9.84. The molecule has 0 unspecified atom stereocenters. The van der Waals surface area contributed by atoms with E-state index in [2.05, 4.69) is 0 Å². The van der Waals surface area contributed by atoms with Gasteiger partial charge in [-0.25, -0.2) is 21.2 Å². The average molecular weight is 577 g/mol. The summed E-state index contributed by atoms with van der Waals surface area (Å²) in [6.07, 6.45) is -0.736. The first-order chi connectivity index (χ1) is 18.3. The van der Waals surface area contributed by atoms with Gasteiger partial charge in [-0.15, -0.1) is 0 Å². The molecule has 0 amide bonds. The van der Waals surface area contributed by atoms with Crippen molar-refractivity contribution < 1.29 is 31.1 Å². The Balaban J connectivity index is 1.77. The van der Waals surface area contributed by atoms with Gasteiger partial charge in [0.1, 0.15) is 22.6 Å². The molecular formula is C28H33FN2O6S2. The molecule has 4 rings (SSSR count). The minimum absolute atomic E-state index is 0.0121. The van der Waals surface area contributed by atoms with E-state index in [0.29, 0.717) is 11.1 Å². The summed E-state index contributed by atoms with van der Waals surface area (Å²) >= 11 is 0. The summed E-state index contributed by atoms with van der Waals surface area (Å²) in [4.78, 5) is 0.0323. The molecule has 0 saturated carbocycles. The minimum atomic E-state index is -4.08. The summed E-state index contributed by atoms with van der Waals surface area (Å²) in [6, 6.07) is 16.2. The molecule has 1 aliphatic rings. The molecule has 210 valence electrons. The summed E-state index contributed by atoms with van der Waals surface area (Å²) in [6.45, 7) is 4.82. The van der Waals surface area contributed by atoms with Gasteiger partial charge in [0, 0.05) is 25.6 Å². The van der Waals surface area contributed by atoms with E-state index in [9.17, 15) is 26.3 Å². The molecule has 3 aromatic carbocycles. The van der Waals surface area contributed by atoms with Crippen LogP contribution in [-0.2, 0) is 20.0 Å². The van der Waals surface area contributed by atoms with Crippen molar-refractivity contribution in [2.45, 2.75) is 42.7 Å². The van der Waals surface area contributed by atoms with E-state index < -0.39 is 50.5 Å². The highest BCUT2D eigenvalue weighted by Crippen LogP contribution is 2.37. The van der Waals surface area contributed by atoms with Crippen LogP contribution in [0.3, 0.4) is 0 Å². The molecule has 0 aliphatic carbocycles. The van der Waals surface area contributed by atoms with Crippen LogP contribution in [0.25, 0.3) is 11.1 Å². The van der Waals surface area contributed by atoms with Gasteiger partial charge in [0.05, 0.1) is 18.0 Å². The lowest BCUT2D eigenvalue weighted by Gasteiger charge is -2.37. The van der Waals surface area contributed by atoms with Crippen LogP contribution in [0.5, 0.6) is 5.75 Å². The number of benzene rings is 3. The Hall–Kier alpha value is -2.83. The quantitative estimate of drug-likeness (QED) is 0.458. The standard InChI is InChI=1S/C28H33FN2O6S2/c1-19-8-11-25(12-9-19)38(33,34)30(4)17-27-20(2)16-31(21(3)18-32)39(35,36)28-13-10-23(15-26(28)37-27)22-6-5-7-24(29)14-22/h5-15,20-21,27,32H,16-18H2,1-4H3/t20-,21+,27-/m0/s1. The van der Waals surface area contributed by atoms with Crippen molar-refractivity contribution in [3.05, 3.63) is 78.1 Å². The Kier molecular flexibility index (Phi) is 8.48. The second kappa shape index (κ2) is 11.3. The molecule has 11 heteroatoms. The smallest absolute Gasteiger partial charge is 0.247 e. The maximum Gasteiger partial charge on any atom is 0.247 e. The van der Waals surface area contributed by atoms with Gasteiger partial charge in [-0.1, -0.05) is 42.8 Å². The van der Waals surface area contributed by atoms with Crippen LogP contribution in [-0.4, -0.2) is 69.4 Å². The molecule has 0 bridgehead atoms. The van der Waals surface area contributed by atoms with Crippen molar-refractivity contribution in [2.24, 2.45) is 5.92 Å². The monoisotopic (exact) mass is 576 g/mol. The topological polar surface area (TPSA) is 104 Å². The van der Waals surface area contributed by atoms with Gasteiger partial charge in [-0.2, -0.15) is 8.61 Å². The van der Waals surface area contributed by atoms with Gasteiger partial charge in [-0.05, 0) is 61.4 Å². The van der Waals surface area contributed by atoms with Crippen LogP contribution in [0.4, 0.5) is 4.39 Å². The third kappa shape index (κ3) is 6.02. The van der Waals surface area contributed by atoms with Crippen LogP contribution in [0.2, 0.25) is 0 Å². The van der Waals surface area contributed by atoms with Crippen molar-refractivity contribution in [2.75, 3.05) is 26.7 Å².